The number of carbonyl (C=O) groups excluding carboxylic acids is 1. The molecule has 3 heteroatoms. The zero-order valence-corrected chi connectivity index (χ0v) is 6.35. The van der Waals surface area contributed by atoms with Crippen LogP contribution in [0, 0.1) is 0 Å². The molecule has 0 aromatic carbocycles. The first-order valence-corrected chi connectivity index (χ1v) is 2.98. The average molecular weight is 146 g/mol. The van der Waals surface area contributed by atoms with Gasteiger partial charge in [0.2, 0.25) is 0 Å². The van der Waals surface area contributed by atoms with Crippen LogP contribution < -0.4 is 0 Å². The number of alkyl halides is 1. The Bertz CT molecular complexity index is 150. The van der Waals surface area contributed by atoms with Gasteiger partial charge in [-0.05, 0) is 19.4 Å². The Balaban J connectivity index is 4.03. The highest BCUT2D eigenvalue weighted by atomic mass is 19.1. The van der Waals surface area contributed by atoms with E-state index < -0.39 is 12.1 Å². The van der Waals surface area contributed by atoms with Crippen LogP contribution >= 0.6 is 0 Å². The van der Waals surface area contributed by atoms with E-state index in [1.807, 2.05) is 0 Å². The molecule has 0 saturated carbocycles. The summed E-state index contributed by atoms with van der Waals surface area (Å²) in [5.41, 5.74) is 0.381. The van der Waals surface area contributed by atoms with E-state index in [4.69, 9.17) is 0 Å². The Morgan fingerprint density at radius 2 is 2.20 bits per heavy atom. The van der Waals surface area contributed by atoms with Crippen molar-refractivity contribution in [3.8, 4) is 0 Å². The average Bonchev–Trinajstić information content (AvgIpc) is 1.87. The molecule has 0 radical (unpaired) electrons. The van der Waals surface area contributed by atoms with E-state index in [1.165, 1.54) is 14.0 Å². The molecule has 0 aliphatic rings. The summed E-state index contributed by atoms with van der Waals surface area (Å²) in [6.45, 7) is 2.91. The van der Waals surface area contributed by atoms with E-state index >= 15 is 0 Å². The van der Waals surface area contributed by atoms with E-state index in [2.05, 4.69) is 4.74 Å². The van der Waals surface area contributed by atoms with Crippen LogP contribution in [0.5, 0.6) is 0 Å². The first-order chi connectivity index (χ1) is 4.57. The molecule has 1 unspecified atom stereocenters. The summed E-state index contributed by atoms with van der Waals surface area (Å²) in [5.74, 6) is -0.512. The van der Waals surface area contributed by atoms with Crippen LogP contribution in [-0.4, -0.2) is 19.3 Å². The van der Waals surface area contributed by atoms with Gasteiger partial charge in [0.15, 0.2) is 0 Å². The Morgan fingerprint density at radius 3 is 2.50 bits per heavy atom. The molecule has 0 aromatic heterocycles. The minimum Gasteiger partial charge on any atom is -0.466 e. The van der Waals surface area contributed by atoms with Crippen LogP contribution in [0.4, 0.5) is 4.39 Å². The number of halogens is 1. The maximum atomic E-state index is 12.3. The lowest BCUT2D eigenvalue weighted by molar-refractivity contribution is -0.134. The van der Waals surface area contributed by atoms with Gasteiger partial charge in [0.1, 0.15) is 6.17 Å². The SMILES string of the molecule is COC(=O)C=C(C)C(C)F. The Kier molecular flexibility index (Phi) is 3.69. The van der Waals surface area contributed by atoms with E-state index in [1.54, 1.807) is 6.92 Å². The Morgan fingerprint density at radius 1 is 1.70 bits per heavy atom. The molecule has 0 amide bonds. The van der Waals surface area contributed by atoms with Crippen LogP contribution in [0.25, 0.3) is 0 Å². The molecule has 0 aliphatic carbocycles. The van der Waals surface area contributed by atoms with Crippen LogP contribution in [0.2, 0.25) is 0 Å². The molecular weight excluding hydrogens is 135 g/mol. The molecule has 2 nitrogen and oxygen atoms in total. The lowest BCUT2D eigenvalue weighted by Gasteiger charge is -1.99. The second-order valence-electron chi connectivity index (χ2n) is 2.03. The highest BCUT2D eigenvalue weighted by molar-refractivity contribution is 5.82. The molecule has 0 aliphatic heterocycles. The maximum Gasteiger partial charge on any atom is 0.330 e. The molecule has 0 heterocycles. The molecule has 0 rings (SSSR count). The topological polar surface area (TPSA) is 26.3 Å². The molecule has 10 heavy (non-hydrogen) atoms. The van der Waals surface area contributed by atoms with Gasteiger partial charge in [-0.1, -0.05) is 0 Å². The Hall–Kier alpha value is -0.860. The zero-order valence-electron chi connectivity index (χ0n) is 6.35. The first kappa shape index (κ1) is 9.14. The summed E-state index contributed by atoms with van der Waals surface area (Å²) >= 11 is 0. The van der Waals surface area contributed by atoms with Crippen LogP contribution in [0.15, 0.2) is 11.6 Å². The fourth-order valence-corrected chi connectivity index (χ4v) is 0.360. The first-order valence-electron chi connectivity index (χ1n) is 2.98. The molecule has 0 saturated heterocycles. The molecule has 0 aromatic rings. The van der Waals surface area contributed by atoms with Gasteiger partial charge in [0.05, 0.1) is 7.11 Å². The van der Waals surface area contributed by atoms with Crippen LogP contribution in [0.1, 0.15) is 13.8 Å². The summed E-state index contributed by atoms with van der Waals surface area (Å²) < 4.78 is 16.6. The Labute approximate surface area is 59.7 Å². The summed E-state index contributed by atoms with van der Waals surface area (Å²) in [5, 5.41) is 0. The van der Waals surface area contributed by atoms with Crippen LogP contribution in [-0.2, 0) is 9.53 Å². The van der Waals surface area contributed by atoms with E-state index in [0.29, 0.717) is 5.57 Å². The number of esters is 1. The van der Waals surface area contributed by atoms with Gasteiger partial charge in [0.25, 0.3) is 0 Å². The van der Waals surface area contributed by atoms with Gasteiger partial charge in [-0.3, -0.25) is 0 Å². The van der Waals surface area contributed by atoms with Crippen molar-refractivity contribution < 1.29 is 13.9 Å². The summed E-state index contributed by atoms with van der Waals surface area (Å²) in [7, 11) is 1.26. The molecular formula is C7H11FO2. The van der Waals surface area contributed by atoms with Gasteiger partial charge in [-0.2, -0.15) is 0 Å². The largest absolute Gasteiger partial charge is 0.466 e. The number of hydrogen-bond acceptors (Lipinski definition) is 2. The number of rotatable bonds is 2. The zero-order chi connectivity index (χ0) is 8.15. The van der Waals surface area contributed by atoms with Crippen molar-refractivity contribution in [2.24, 2.45) is 0 Å². The monoisotopic (exact) mass is 146 g/mol. The van der Waals surface area contributed by atoms with Crippen molar-refractivity contribution in [3.63, 3.8) is 0 Å². The number of methoxy groups -OCH3 is 1. The van der Waals surface area contributed by atoms with Gasteiger partial charge < -0.3 is 4.74 Å². The summed E-state index contributed by atoms with van der Waals surface area (Å²) in [6.07, 6.45) is 0.0594. The number of ether oxygens (including phenoxy) is 1. The molecule has 1 atom stereocenters. The van der Waals surface area contributed by atoms with E-state index in [9.17, 15) is 9.18 Å². The molecule has 0 N–H and O–H groups in total. The van der Waals surface area contributed by atoms with Gasteiger partial charge in [0, 0.05) is 6.08 Å². The standard InChI is InChI=1S/C7H11FO2/c1-5(6(2)8)4-7(9)10-3/h4,6H,1-3H3. The second kappa shape index (κ2) is 4.04. The quantitative estimate of drug-likeness (QED) is 0.435. The predicted octanol–water partition coefficient (Wildman–Crippen LogP) is 1.46. The van der Waals surface area contributed by atoms with Gasteiger partial charge in [-0.15, -0.1) is 0 Å². The molecule has 0 fully saturated rings. The fourth-order valence-electron chi connectivity index (χ4n) is 0.360. The van der Waals surface area contributed by atoms with Crippen molar-refractivity contribution >= 4 is 5.97 Å². The van der Waals surface area contributed by atoms with Crippen molar-refractivity contribution in [3.05, 3.63) is 11.6 Å². The van der Waals surface area contributed by atoms with Crippen molar-refractivity contribution in [2.75, 3.05) is 7.11 Å². The third kappa shape index (κ3) is 3.22. The predicted molar refractivity (Wildman–Crippen MR) is 36.3 cm³/mol. The minimum atomic E-state index is -1.08. The van der Waals surface area contributed by atoms with Crippen molar-refractivity contribution in [1.82, 2.24) is 0 Å². The van der Waals surface area contributed by atoms with Gasteiger partial charge in [-0.25, -0.2) is 9.18 Å². The number of hydrogen-bond donors (Lipinski definition) is 0. The fraction of sp³-hybridized carbons (Fsp3) is 0.571. The lowest BCUT2D eigenvalue weighted by atomic mass is 10.2. The normalized spacial score (nSPS) is 14.6. The minimum absolute atomic E-state index is 0.381. The second-order valence-corrected chi connectivity index (χ2v) is 2.03. The van der Waals surface area contributed by atoms with Crippen LogP contribution in [0.3, 0.4) is 0 Å². The molecule has 0 bridgehead atoms. The summed E-state index contributed by atoms with van der Waals surface area (Å²) in [4.78, 5) is 10.5. The lowest BCUT2D eigenvalue weighted by Crippen LogP contribution is -2.01. The highest BCUT2D eigenvalue weighted by Gasteiger charge is 2.02. The van der Waals surface area contributed by atoms with E-state index in [-0.39, 0.29) is 0 Å². The van der Waals surface area contributed by atoms with Gasteiger partial charge >= 0.3 is 5.97 Å². The molecule has 0 spiro atoms. The van der Waals surface area contributed by atoms with Crippen molar-refractivity contribution in [1.29, 1.82) is 0 Å². The summed E-state index contributed by atoms with van der Waals surface area (Å²) in [6, 6.07) is 0. The molecule has 58 valence electrons. The third-order valence-corrected chi connectivity index (χ3v) is 1.17. The van der Waals surface area contributed by atoms with Crippen molar-refractivity contribution in [2.45, 2.75) is 20.0 Å². The third-order valence-electron chi connectivity index (χ3n) is 1.17. The maximum absolute atomic E-state index is 12.3. The number of carbonyl (C=O) groups is 1. The number of allylic oxidation sites excluding steroid dienone is 1. The highest BCUT2D eigenvalue weighted by Crippen LogP contribution is 2.03. The smallest absolute Gasteiger partial charge is 0.330 e. The van der Waals surface area contributed by atoms with E-state index in [0.717, 1.165) is 6.08 Å².